The van der Waals surface area contributed by atoms with E-state index in [4.69, 9.17) is 4.74 Å². The molecule has 0 aliphatic rings. The van der Waals surface area contributed by atoms with Crippen molar-refractivity contribution in [3.05, 3.63) is 35.9 Å². The van der Waals surface area contributed by atoms with E-state index in [2.05, 4.69) is 15.5 Å². The van der Waals surface area contributed by atoms with Gasteiger partial charge in [-0.15, -0.1) is 10.2 Å². The fraction of sp³-hybridized carbons (Fsp3) is 0.400. The van der Waals surface area contributed by atoms with E-state index in [0.29, 0.717) is 11.7 Å². The van der Waals surface area contributed by atoms with Crippen LogP contribution in [0.15, 0.2) is 34.7 Å². The summed E-state index contributed by atoms with van der Waals surface area (Å²) in [7, 11) is 1.67. The molecule has 0 aliphatic heterocycles. The second-order valence-electron chi connectivity index (χ2n) is 4.58. The van der Waals surface area contributed by atoms with Crippen molar-refractivity contribution in [1.82, 2.24) is 10.2 Å². The van der Waals surface area contributed by atoms with E-state index in [-0.39, 0.29) is 11.8 Å². The Labute approximate surface area is 138 Å². The average molecular weight is 337 g/mol. The Balaban J connectivity index is 1.96. The molecule has 0 unspecified atom stereocenters. The van der Waals surface area contributed by atoms with Gasteiger partial charge >= 0.3 is 0 Å². The number of hydrogen-bond donors (Lipinski definition) is 1. The summed E-state index contributed by atoms with van der Waals surface area (Å²) in [6, 6.07) is 9.78. The van der Waals surface area contributed by atoms with Gasteiger partial charge in [-0.05, 0) is 12.0 Å². The lowest BCUT2D eigenvalue weighted by molar-refractivity contribution is -0.117. The van der Waals surface area contributed by atoms with Crippen LogP contribution in [0.1, 0.15) is 24.8 Å². The molecule has 5 nitrogen and oxygen atoms in total. The summed E-state index contributed by atoms with van der Waals surface area (Å²) in [6.07, 6.45) is 0.740. The lowest BCUT2D eigenvalue weighted by Crippen LogP contribution is -2.20. The fourth-order valence-corrected chi connectivity index (χ4v) is 3.71. The molecule has 0 saturated carbocycles. The van der Waals surface area contributed by atoms with Crippen LogP contribution in [0.3, 0.4) is 0 Å². The van der Waals surface area contributed by atoms with Gasteiger partial charge < -0.3 is 4.74 Å². The molecule has 1 atom stereocenters. The topological polar surface area (TPSA) is 64.1 Å². The summed E-state index contributed by atoms with van der Waals surface area (Å²) in [5, 5.41) is 11.5. The zero-order chi connectivity index (χ0) is 15.8. The first kappa shape index (κ1) is 16.9. The Bertz CT molecular complexity index is 589. The smallest absolute Gasteiger partial charge is 0.233 e. The highest BCUT2D eigenvalue weighted by molar-refractivity contribution is 8.01. The van der Waals surface area contributed by atoms with Crippen molar-refractivity contribution in [1.29, 1.82) is 0 Å². The van der Waals surface area contributed by atoms with Crippen LogP contribution >= 0.6 is 23.1 Å². The van der Waals surface area contributed by atoms with Gasteiger partial charge in [0, 0.05) is 12.9 Å². The van der Waals surface area contributed by atoms with E-state index in [1.165, 1.54) is 11.3 Å². The van der Waals surface area contributed by atoms with Crippen LogP contribution in [0.4, 0.5) is 5.13 Å². The molecule has 0 bridgehead atoms. The maximum absolute atomic E-state index is 12.4. The van der Waals surface area contributed by atoms with Crippen LogP contribution in [-0.4, -0.2) is 35.6 Å². The van der Waals surface area contributed by atoms with Crippen molar-refractivity contribution in [3.8, 4) is 0 Å². The molecular formula is C15H19N3O2S2. The van der Waals surface area contributed by atoms with Crippen molar-refractivity contribution in [2.45, 2.75) is 23.6 Å². The molecule has 0 spiro atoms. The van der Waals surface area contributed by atoms with E-state index in [9.17, 15) is 4.79 Å². The summed E-state index contributed by atoms with van der Waals surface area (Å²) in [4.78, 5) is 12.4. The number of amides is 1. The van der Waals surface area contributed by atoms with Gasteiger partial charge in [0.05, 0.1) is 12.5 Å². The first-order valence-electron chi connectivity index (χ1n) is 7.05. The summed E-state index contributed by atoms with van der Waals surface area (Å²) in [5.41, 5.74) is 1.02. The molecular weight excluding hydrogens is 318 g/mol. The first-order valence-corrected chi connectivity index (χ1v) is 8.85. The van der Waals surface area contributed by atoms with Crippen LogP contribution in [0.5, 0.6) is 0 Å². The average Bonchev–Trinajstić information content (AvgIpc) is 2.97. The summed E-state index contributed by atoms with van der Waals surface area (Å²) in [6.45, 7) is 2.67. The third kappa shape index (κ3) is 4.79. The van der Waals surface area contributed by atoms with Gasteiger partial charge in [0.15, 0.2) is 4.34 Å². The molecule has 0 aliphatic carbocycles. The van der Waals surface area contributed by atoms with E-state index < -0.39 is 0 Å². The van der Waals surface area contributed by atoms with E-state index in [0.717, 1.165) is 22.1 Å². The van der Waals surface area contributed by atoms with Crippen molar-refractivity contribution in [3.63, 3.8) is 0 Å². The van der Waals surface area contributed by atoms with E-state index in [1.807, 2.05) is 37.3 Å². The van der Waals surface area contributed by atoms with Crippen LogP contribution in [0.25, 0.3) is 0 Å². The van der Waals surface area contributed by atoms with Crippen LogP contribution < -0.4 is 5.32 Å². The van der Waals surface area contributed by atoms with Crippen molar-refractivity contribution in [2.24, 2.45) is 0 Å². The molecule has 1 heterocycles. The minimum atomic E-state index is -0.172. The largest absolute Gasteiger partial charge is 0.384 e. The van der Waals surface area contributed by atoms with Gasteiger partial charge in [0.1, 0.15) is 0 Å². The third-order valence-electron chi connectivity index (χ3n) is 3.08. The zero-order valence-electron chi connectivity index (χ0n) is 12.6. The molecule has 0 radical (unpaired) electrons. The van der Waals surface area contributed by atoms with Crippen LogP contribution in [0, 0.1) is 0 Å². The third-order valence-corrected chi connectivity index (χ3v) is 5.01. The second-order valence-corrected chi connectivity index (χ2v) is 6.89. The molecule has 2 rings (SSSR count). The van der Waals surface area contributed by atoms with Crippen molar-refractivity contribution in [2.75, 3.05) is 24.8 Å². The number of carbonyl (C=O) groups is 1. The molecule has 118 valence electrons. The number of methoxy groups -OCH3 is 1. The molecule has 1 N–H and O–H groups in total. The van der Waals surface area contributed by atoms with Gasteiger partial charge in [-0.25, -0.2) is 0 Å². The highest BCUT2D eigenvalue weighted by atomic mass is 32.2. The fourth-order valence-electron chi connectivity index (χ4n) is 1.98. The predicted molar refractivity (Wildman–Crippen MR) is 90.6 cm³/mol. The number of aromatic nitrogens is 2. The van der Waals surface area contributed by atoms with Gasteiger partial charge in [0.25, 0.3) is 0 Å². The standard InChI is InChI=1S/C15H19N3O2S2/c1-3-12(11-7-5-4-6-8-11)13(19)16-14-17-18-15(22-14)21-10-9-20-2/h4-8,12H,3,9-10H2,1-2H3,(H,16,17,19)/t12-/m1/s1. The molecule has 1 aromatic carbocycles. The quantitative estimate of drug-likeness (QED) is 0.454. The SMILES string of the molecule is CC[C@@H](C(=O)Nc1nnc(SCCOC)s1)c1ccccc1. The van der Waals surface area contributed by atoms with E-state index in [1.54, 1.807) is 18.9 Å². The minimum Gasteiger partial charge on any atom is -0.384 e. The summed E-state index contributed by atoms with van der Waals surface area (Å²) >= 11 is 2.96. The monoisotopic (exact) mass is 337 g/mol. The van der Waals surface area contributed by atoms with Gasteiger partial charge in [-0.3, -0.25) is 10.1 Å². The summed E-state index contributed by atoms with van der Waals surface area (Å²) in [5.74, 6) is 0.605. The summed E-state index contributed by atoms with van der Waals surface area (Å²) < 4.78 is 5.83. The normalized spacial score (nSPS) is 12.1. The number of rotatable bonds is 8. The minimum absolute atomic E-state index is 0.0432. The molecule has 1 amide bonds. The number of carbonyl (C=O) groups excluding carboxylic acids is 1. The maximum Gasteiger partial charge on any atom is 0.233 e. The number of benzene rings is 1. The molecule has 1 aromatic heterocycles. The van der Waals surface area contributed by atoms with Crippen LogP contribution in [-0.2, 0) is 9.53 Å². The van der Waals surface area contributed by atoms with Gasteiger partial charge in [0.2, 0.25) is 11.0 Å². The number of ether oxygens (including phenoxy) is 1. The molecule has 2 aromatic rings. The molecule has 0 fully saturated rings. The Kier molecular flexibility index (Phi) is 6.82. The maximum atomic E-state index is 12.4. The van der Waals surface area contributed by atoms with Crippen molar-refractivity contribution < 1.29 is 9.53 Å². The zero-order valence-corrected chi connectivity index (χ0v) is 14.2. The Morgan fingerprint density at radius 1 is 1.36 bits per heavy atom. The number of hydrogen-bond acceptors (Lipinski definition) is 6. The molecule has 0 saturated heterocycles. The Hall–Kier alpha value is -1.44. The highest BCUT2D eigenvalue weighted by Gasteiger charge is 2.19. The number of nitrogens with one attached hydrogen (secondary N) is 1. The predicted octanol–water partition coefficient (Wildman–Crippen LogP) is 3.41. The highest BCUT2D eigenvalue weighted by Crippen LogP contribution is 2.27. The molecule has 22 heavy (non-hydrogen) atoms. The number of nitrogens with zero attached hydrogens (tertiary/aromatic N) is 2. The lowest BCUT2D eigenvalue weighted by Gasteiger charge is -2.13. The first-order chi connectivity index (χ1) is 10.7. The van der Waals surface area contributed by atoms with Gasteiger partial charge in [-0.2, -0.15) is 0 Å². The molecule has 7 heteroatoms. The van der Waals surface area contributed by atoms with Crippen LogP contribution in [0.2, 0.25) is 0 Å². The Morgan fingerprint density at radius 3 is 2.82 bits per heavy atom. The van der Waals surface area contributed by atoms with E-state index >= 15 is 0 Å². The number of anilines is 1. The number of thioether (sulfide) groups is 1. The van der Waals surface area contributed by atoms with Gasteiger partial charge in [-0.1, -0.05) is 60.4 Å². The second kappa shape index (κ2) is 8.87. The Morgan fingerprint density at radius 2 is 2.14 bits per heavy atom. The van der Waals surface area contributed by atoms with Crippen molar-refractivity contribution >= 4 is 34.1 Å². The lowest BCUT2D eigenvalue weighted by atomic mass is 9.96.